The third-order valence-corrected chi connectivity index (χ3v) is 3.86. The van der Waals surface area contributed by atoms with Crippen LogP contribution in [-0.2, 0) is 4.79 Å². The molecule has 0 atom stereocenters. The summed E-state index contributed by atoms with van der Waals surface area (Å²) in [5, 5.41) is 4.19. The number of hydrogen-bond donors (Lipinski definition) is 3. The van der Waals surface area contributed by atoms with E-state index in [9.17, 15) is 4.79 Å². The molecule has 24 heavy (non-hydrogen) atoms. The zero-order valence-corrected chi connectivity index (χ0v) is 15.1. The molecule has 0 aliphatic rings. The first-order valence-corrected chi connectivity index (χ1v) is 8.11. The molecule has 126 valence electrons. The van der Waals surface area contributed by atoms with E-state index in [1.54, 1.807) is 30.3 Å². The fourth-order valence-corrected chi connectivity index (χ4v) is 2.24. The fraction of sp³-hybridized carbons (Fsp3) is 0.125. The molecule has 0 saturated heterocycles. The van der Waals surface area contributed by atoms with Gasteiger partial charge in [-0.25, -0.2) is 0 Å². The van der Waals surface area contributed by atoms with Gasteiger partial charge in [0, 0.05) is 10.7 Å². The van der Waals surface area contributed by atoms with E-state index in [2.05, 4.69) is 16.2 Å². The fourth-order valence-electron chi connectivity index (χ4n) is 1.70. The molecule has 0 bridgehead atoms. The normalized spacial score (nSPS) is 9.96. The quantitative estimate of drug-likeness (QED) is 0.554. The van der Waals surface area contributed by atoms with Crippen LogP contribution in [-0.4, -0.2) is 17.6 Å². The molecular weight excluding hydrogens is 369 g/mol. The highest BCUT2D eigenvalue weighted by molar-refractivity contribution is 7.80. The third kappa shape index (κ3) is 5.56. The van der Waals surface area contributed by atoms with Crippen LogP contribution in [0.3, 0.4) is 0 Å². The van der Waals surface area contributed by atoms with Crippen molar-refractivity contribution in [1.82, 2.24) is 10.9 Å². The lowest BCUT2D eigenvalue weighted by molar-refractivity contribution is -0.123. The Kier molecular flexibility index (Phi) is 6.66. The Morgan fingerprint density at radius 3 is 2.58 bits per heavy atom. The van der Waals surface area contributed by atoms with Gasteiger partial charge in [0.25, 0.3) is 5.91 Å². The Morgan fingerprint density at radius 1 is 1.12 bits per heavy atom. The molecule has 0 spiro atoms. The molecule has 0 unspecified atom stereocenters. The monoisotopic (exact) mass is 383 g/mol. The van der Waals surface area contributed by atoms with Crippen LogP contribution < -0.4 is 20.9 Å². The molecule has 8 heteroatoms. The number of thiocarbonyl (C=S) groups is 1. The van der Waals surface area contributed by atoms with Crippen molar-refractivity contribution in [3.8, 4) is 5.75 Å². The van der Waals surface area contributed by atoms with E-state index in [0.29, 0.717) is 21.5 Å². The first-order valence-electron chi connectivity index (χ1n) is 6.95. The van der Waals surface area contributed by atoms with Crippen molar-refractivity contribution in [3.63, 3.8) is 0 Å². The minimum absolute atomic E-state index is 0.199. The second-order valence-corrected chi connectivity index (χ2v) is 6.03. The zero-order chi connectivity index (χ0) is 17.5. The van der Waals surface area contributed by atoms with E-state index in [4.69, 9.17) is 40.2 Å². The van der Waals surface area contributed by atoms with E-state index in [1.807, 2.05) is 19.1 Å². The van der Waals surface area contributed by atoms with Gasteiger partial charge in [-0.1, -0.05) is 41.4 Å². The largest absolute Gasteiger partial charge is 0.482 e. The maximum absolute atomic E-state index is 11.7. The van der Waals surface area contributed by atoms with Crippen LogP contribution in [0.25, 0.3) is 0 Å². The van der Waals surface area contributed by atoms with Crippen molar-refractivity contribution in [2.75, 3.05) is 11.9 Å². The minimum atomic E-state index is -0.402. The molecular formula is C16H15Cl2N3O2S. The average Bonchev–Trinajstić information content (AvgIpc) is 2.55. The van der Waals surface area contributed by atoms with Crippen LogP contribution in [0.2, 0.25) is 10.0 Å². The number of rotatable bonds is 4. The predicted octanol–water partition coefficient (Wildman–Crippen LogP) is 3.70. The van der Waals surface area contributed by atoms with Gasteiger partial charge in [0.05, 0.1) is 5.02 Å². The third-order valence-electron chi connectivity index (χ3n) is 2.94. The molecule has 0 aliphatic carbocycles. The molecule has 2 aromatic rings. The van der Waals surface area contributed by atoms with E-state index >= 15 is 0 Å². The highest BCUT2D eigenvalue weighted by Gasteiger charge is 2.06. The molecule has 2 aromatic carbocycles. The molecule has 2 rings (SSSR count). The summed E-state index contributed by atoms with van der Waals surface area (Å²) in [6.45, 7) is 1.71. The number of halogens is 2. The smallest absolute Gasteiger partial charge is 0.276 e. The van der Waals surface area contributed by atoms with Crippen molar-refractivity contribution >= 4 is 52.1 Å². The van der Waals surface area contributed by atoms with Crippen molar-refractivity contribution in [1.29, 1.82) is 0 Å². The number of anilines is 1. The van der Waals surface area contributed by atoms with Gasteiger partial charge in [0.2, 0.25) is 0 Å². The number of ether oxygens (including phenoxy) is 1. The SMILES string of the molecule is Cc1ccc(NC(=S)NNC(=O)COc2ccccc2Cl)cc1Cl. The van der Waals surface area contributed by atoms with E-state index in [1.165, 1.54) is 0 Å². The Balaban J connectivity index is 1.76. The Labute approximate surface area is 155 Å². The molecule has 0 aliphatic heterocycles. The van der Waals surface area contributed by atoms with Crippen LogP contribution in [0.15, 0.2) is 42.5 Å². The van der Waals surface area contributed by atoms with Crippen LogP contribution >= 0.6 is 35.4 Å². The number of nitrogens with one attached hydrogen (secondary N) is 3. The lowest BCUT2D eigenvalue weighted by Gasteiger charge is -2.13. The van der Waals surface area contributed by atoms with Gasteiger partial charge in [-0.15, -0.1) is 0 Å². The number of hydrogen-bond acceptors (Lipinski definition) is 3. The molecule has 5 nitrogen and oxygen atoms in total. The average molecular weight is 384 g/mol. The van der Waals surface area contributed by atoms with Crippen LogP contribution in [0, 0.1) is 6.92 Å². The summed E-state index contributed by atoms with van der Waals surface area (Å²) in [5.74, 6) is 0.0327. The van der Waals surface area contributed by atoms with Gasteiger partial charge < -0.3 is 10.1 Å². The van der Waals surface area contributed by atoms with Crippen LogP contribution in [0.5, 0.6) is 5.75 Å². The first kappa shape index (κ1) is 18.3. The first-order chi connectivity index (χ1) is 11.5. The van der Waals surface area contributed by atoms with Gasteiger partial charge >= 0.3 is 0 Å². The number of amides is 1. The number of carbonyl (C=O) groups is 1. The minimum Gasteiger partial charge on any atom is -0.482 e. The summed E-state index contributed by atoms with van der Waals surface area (Å²) in [7, 11) is 0. The molecule has 0 saturated carbocycles. The van der Waals surface area contributed by atoms with Gasteiger partial charge in [0.15, 0.2) is 11.7 Å². The van der Waals surface area contributed by atoms with Crippen molar-refractivity contribution in [2.45, 2.75) is 6.92 Å². The highest BCUT2D eigenvalue weighted by Crippen LogP contribution is 2.22. The molecule has 0 aromatic heterocycles. The maximum Gasteiger partial charge on any atom is 0.276 e. The van der Waals surface area contributed by atoms with Crippen LogP contribution in [0.1, 0.15) is 5.56 Å². The summed E-state index contributed by atoms with van der Waals surface area (Å²) in [6.07, 6.45) is 0. The summed E-state index contributed by atoms with van der Waals surface area (Å²) in [6, 6.07) is 12.3. The second kappa shape index (κ2) is 8.73. The number of para-hydroxylation sites is 1. The van der Waals surface area contributed by atoms with E-state index < -0.39 is 5.91 Å². The molecule has 0 radical (unpaired) electrons. The summed E-state index contributed by atoms with van der Waals surface area (Å²) in [5.41, 5.74) is 6.68. The molecule has 0 heterocycles. The van der Waals surface area contributed by atoms with Crippen molar-refractivity contribution in [3.05, 3.63) is 58.1 Å². The topological polar surface area (TPSA) is 62.4 Å². The summed E-state index contributed by atoms with van der Waals surface area (Å²) in [4.78, 5) is 11.7. The van der Waals surface area contributed by atoms with Gasteiger partial charge in [0.1, 0.15) is 5.75 Å². The molecule has 3 N–H and O–H groups in total. The second-order valence-electron chi connectivity index (χ2n) is 4.81. The van der Waals surface area contributed by atoms with Crippen molar-refractivity contribution < 1.29 is 9.53 Å². The summed E-state index contributed by atoms with van der Waals surface area (Å²) < 4.78 is 5.31. The Bertz CT molecular complexity index is 756. The zero-order valence-electron chi connectivity index (χ0n) is 12.7. The molecule has 1 amide bonds. The predicted molar refractivity (Wildman–Crippen MR) is 101 cm³/mol. The van der Waals surface area contributed by atoms with E-state index in [0.717, 1.165) is 5.56 Å². The lowest BCUT2D eigenvalue weighted by Crippen LogP contribution is -2.45. The van der Waals surface area contributed by atoms with Crippen molar-refractivity contribution in [2.24, 2.45) is 0 Å². The maximum atomic E-state index is 11.7. The number of benzene rings is 2. The summed E-state index contributed by atoms with van der Waals surface area (Å²) >= 11 is 17.1. The van der Waals surface area contributed by atoms with Gasteiger partial charge in [-0.2, -0.15) is 0 Å². The van der Waals surface area contributed by atoms with E-state index in [-0.39, 0.29) is 11.7 Å². The van der Waals surface area contributed by atoms with Crippen LogP contribution in [0.4, 0.5) is 5.69 Å². The van der Waals surface area contributed by atoms with Gasteiger partial charge in [-0.05, 0) is 49.0 Å². The highest BCUT2D eigenvalue weighted by atomic mass is 35.5. The Hall–Kier alpha value is -2.02. The Morgan fingerprint density at radius 2 is 1.88 bits per heavy atom. The number of aryl methyl sites for hydroxylation is 1. The molecule has 0 fully saturated rings. The number of hydrazine groups is 1. The lowest BCUT2D eigenvalue weighted by atomic mass is 10.2. The number of carbonyl (C=O) groups excluding carboxylic acids is 1. The standard InChI is InChI=1S/C16H15Cl2N3O2S/c1-10-6-7-11(8-13(10)18)19-16(24)21-20-15(22)9-23-14-5-3-2-4-12(14)17/h2-8H,9H2,1H3,(H,20,22)(H2,19,21,24). The van der Waals surface area contributed by atoms with Gasteiger partial charge in [-0.3, -0.25) is 15.6 Å².